The van der Waals surface area contributed by atoms with E-state index in [9.17, 15) is 4.79 Å². The fourth-order valence-corrected chi connectivity index (χ4v) is 4.39. The summed E-state index contributed by atoms with van der Waals surface area (Å²) in [5.41, 5.74) is 0. The van der Waals surface area contributed by atoms with Crippen LogP contribution in [0.15, 0.2) is 12.4 Å². The average Bonchev–Trinajstić information content (AvgIpc) is 2.97. The van der Waals surface area contributed by atoms with Gasteiger partial charge in [-0.2, -0.15) is 0 Å². The number of likely N-dealkylation sites (tertiary alicyclic amines) is 2. The van der Waals surface area contributed by atoms with E-state index < -0.39 is 0 Å². The van der Waals surface area contributed by atoms with Crippen molar-refractivity contribution in [3.05, 3.63) is 18.2 Å². The van der Waals surface area contributed by atoms with Crippen LogP contribution in [0.25, 0.3) is 0 Å². The average molecular weight is 348 g/mol. The third-order valence-electron chi connectivity index (χ3n) is 5.63. The highest BCUT2D eigenvalue weighted by Gasteiger charge is 2.37. The first-order valence-corrected chi connectivity index (χ1v) is 9.73. The van der Waals surface area contributed by atoms with Gasteiger partial charge in [-0.1, -0.05) is 6.92 Å². The number of ether oxygens (including phenoxy) is 1. The highest BCUT2D eigenvalue weighted by atomic mass is 16.5. The second-order valence-corrected chi connectivity index (χ2v) is 7.36. The molecule has 0 bridgehead atoms. The van der Waals surface area contributed by atoms with Gasteiger partial charge in [-0.25, -0.2) is 4.98 Å². The summed E-state index contributed by atoms with van der Waals surface area (Å²) in [5.74, 6) is 2.06. The van der Waals surface area contributed by atoms with Gasteiger partial charge < -0.3 is 14.2 Å². The predicted octanol–water partition coefficient (Wildman–Crippen LogP) is 2.14. The quantitative estimate of drug-likeness (QED) is 0.758. The molecule has 0 unspecified atom stereocenters. The zero-order chi connectivity index (χ0) is 17.6. The Bertz CT molecular complexity index is 559. The highest BCUT2D eigenvalue weighted by Crippen LogP contribution is 2.31. The molecule has 3 rings (SSSR count). The lowest BCUT2D eigenvalue weighted by Gasteiger charge is -2.42. The molecule has 1 aromatic rings. The Kier molecular flexibility index (Phi) is 6.48. The number of hydrogen-bond acceptors (Lipinski definition) is 4. The summed E-state index contributed by atoms with van der Waals surface area (Å²) in [6, 6.07) is 0.386. The molecule has 6 nitrogen and oxygen atoms in total. The molecule has 2 atom stereocenters. The number of amides is 1. The van der Waals surface area contributed by atoms with Gasteiger partial charge >= 0.3 is 0 Å². The van der Waals surface area contributed by atoms with E-state index in [-0.39, 0.29) is 0 Å². The van der Waals surface area contributed by atoms with Crippen molar-refractivity contribution in [2.75, 3.05) is 33.4 Å². The summed E-state index contributed by atoms with van der Waals surface area (Å²) >= 11 is 0. The number of aromatic nitrogens is 2. The van der Waals surface area contributed by atoms with Crippen molar-refractivity contribution < 1.29 is 9.53 Å². The molecule has 3 heterocycles. The zero-order valence-corrected chi connectivity index (χ0v) is 15.7. The van der Waals surface area contributed by atoms with Gasteiger partial charge in [-0.05, 0) is 31.6 Å². The number of nitrogens with zero attached hydrogens (tertiary/aromatic N) is 4. The predicted molar refractivity (Wildman–Crippen MR) is 97.1 cm³/mol. The molecule has 0 saturated carbocycles. The van der Waals surface area contributed by atoms with Gasteiger partial charge in [0.1, 0.15) is 5.82 Å². The van der Waals surface area contributed by atoms with Crippen molar-refractivity contribution in [3.8, 4) is 0 Å². The van der Waals surface area contributed by atoms with Crippen molar-refractivity contribution in [2.24, 2.45) is 5.92 Å². The van der Waals surface area contributed by atoms with Crippen molar-refractivity contribution >= 4 is 5.91 Å². The maximum atomic E-state index is 12.5. The molecule has 6 heteroatoms. The number of hydrogen-bond donors (Lipinski definition) is 0. The van der Waals surface area contributed by atoms with Crippen molar-refractivity contribution in [1.29, 1.82) is 0 Å². The van der Waals surface area contributed by atoms with E-state index in [4.69, 9.17) is 4.74 Å². The van der Waals surface area contributed by atoms with Gasteiger partial charge in [0, 0.05) is 58.1 Å². The summed E-state index contributed by atoms with van der Waals surface area (Å²) in [6.07, 6.45) is 9.05. The van der Waals surface area contributed by atoms with Crippen LogP contribution in [0.3, 0.4) is 0 Å². The van der Waals surface area contributed by atoms with E-state index in [0.29, 0.717) is 30.9 Å². The lowest BCUT2D eigenvalue weighted by Crippen LogP contribution is -2.52. The van der Waals surface area contributed by atoms with Gasteiger partial charge in [-0.15, -0.1) is 0 Å². The molecule has 2 fully saturated rings. The van der Waals surface area contributed by atoms with Gasteiger partial charge in [0.2, 0.25) is 5.91 Å². The molecule has 1 aromatic heterocycles. The Morgan fingerprint density at radius 2 is 2.20 bits per heavy atom. The number of fused-ring (bicyclic) bond motifs is 1. The molecule has 2 aliphatic rings. The van der Waals surface area contributed by atoms with Crippen LogP contribution in [0.5, 0.6) is 0 Å². The molecule has 2 saturated heterocycles. The van der Waals surface area contributed by atoms with E-state index in [1.54, 1.807) is 7.11 Å². The topological polar surface area (TPSA) is 50.6 Å². The molecular weight excluding hydrogens is 316 g/mol. The molecule has 0 N–H and O–H groups in total. The normalized spacial score (nSPS) is 25.0. The molecule has 1 amide bonds. The summed E-state index contributed by atoms with van der Waals surface area (Å²) in [4.78, 5) is 21.7. The number of imidazole rings is 1. The number of aryl methyl sites for hydroxylation is 1. The fourth-order valence-electron chi connectivity index (χ4n) is 4.39. The van der Waals surface area contributed by atoms with E-state index in [1.807, 2.05) is 6.20 Å². The monoisotopic (exact) mass is 348 g/mol. The van der Waals surface area contributed by atoms with Crippen molar-refractivity contribution in [1.82, 2.24) is 19.4 Å². The van der Waals surface area contributed by atoms with E-state index in [1.165, 1.54) is 5.82 Å². The number of carbonyl (C=O) groups excluding carboxylic acids is 1. The Labute approximate surface area is 151 Å². The lowest BCUT2D eigenvalue weighted by atomic mass is 9.88. The third kappa shape index (κ3) is 4.42. The van der Waals surface area contributed by atoms with Crippen LogP contribution in [-0.2, 0) is 22.6 Å². The van der Waals surface area contributed by atoms with E-state index in [0.717, 1.165) is 58.4 Å². The van der Waals surface area contributed by atoms with Crippen LogP contribution >= 0.6 is 0 Å². The number of piperidine rings is 1. The van der Waals surface area contributed by atoms with Gasteiger partial charge in [0.25, 0.3) is 0 Å². The maximum absolute atomic E-state index is 12.5. The SMILES string of the molecule is CCCn1ccnc1CN1CC[C@@H]2[C@@H](CCCC(=O)N2CCOC)C1. The maximum Gasteiger partial charge on any atom is 0.222 e. The highest BCUT2D eigenvalue weighted by molar-refractivity contribution is 5.76. The summed E-state index contributed by atoms with van der Waals surface area (Å²) in [5, 5.41) is 0. The molecule has 0 aromatic carbocycles. The van der Waals surface area contributed by atoms with Crippen molar-refractivity contribution in [3.63, 3.8) is 0 Å². The Hall–Kier alpha value is -1.40. The summed E-state index contributed by atoms with van der Waals surface area (Å²) in [7, 11) is 1.71. The first-order chi connectivity index (χ1) is 12.2. The minimum absolute atomic E-state index is 0.316. The molecule has 2 aliphatic heterocycles. The summed E-state index contributed by atoms with van der Waals surface area (Å²) in [6.45, 7) is 7.63. The second-order valence-electron chi connectivity index (χ2n) is 7.36. The fraction of sp³-hybridized carbons (Fsp3) is 0.789. The summed E-state index contributed by atoms with van der Waals surface area (Å²) < 4.78 is 7.50. The van der Waals surface area contributed by atoms with Crippen LogP contribution in [0.4, 0.5) is 0 Å². The lowest BCUT2D eigenvalue weighted by molar-refractivity contribution is -0.135. The molecule has 0 radical (unpaired) electrons. The Balaban J connectivity index is 1.64. The number of methoxy groups -OCH3 is 1. The molecular formula is C19H32N4O2. The van der Waals surface area contributed by atoms with Crippen molar-refractivity contribution in [2.45, 2.75) is 58.2 Å². The molecule has 140 valence electrons. The largest absolute Gasteiger partial charge is 0.383 e. The van der Waals surface area contributed by atoms with Gasteiger partial charge in [0.05, 0.1) is 13.2 Å². The molecule has 0 spiro atoms. The third-order valence-corrected chi connectivity index (χ3v) is 5.63. The van der Waals surface area contributed by atoms with Gasteiger partial charge in [0.15, 0.2) is 0 Å². The Morgan fingerprint density at radius 3 is 3.00 bits per heavy atom. The molecule has 25 heavy (non-hydrogen) atoms. The Morgan fingerprint density at radius 1 is 1.32 bits per heavy atom. The zero-order valence-electron chi connectivity index (χ0n) is 15.7. The first-order valence-electron chi connectivity index (χ1n) is 9.73. The minimum atomic E-state index is 0.316. The van der Waals surface area contributed by atoms with Crippen LogP contribution < -0.4 is 0 Å². The van der Waals surface area contributed by atoms with Crippen LogP contribution in [0, 0.1) is 5.92 Å². The minimum Gasteiger partial charge on any atom is -0.383 e. The van der Waals surface area contributed by atoms with E-state index >= 15 is 0 Å². The number of carbonyl (C=O) groups is 1. The van der Waals surface area contributed by atoms with Crippen LogP contribution in [-0.4, -0.2) is 64.7 Å². The van der Waals surface area contributed by atoms with E-state index in [2.05, 4.69) is 32.5 Å². The number of rotatable bonds is 7. The first kappa shape index (κ1) is 18.4. The van der Waals surface area contributed by atoms with Gasteiger partial charge in [-0.3, -0.25) is 9.69 Å². The van der Waals surface area contributed by atoms with Crippen LogP contribution in [0.1, 0.15) is 44.9 Å². The second kappa shape index (κ2) is 8.81. The van der Waals surface area contributed by atoms with Crippen LogP contribution in [0.2, 0.25) is 0 Å². The molecule has 0 aliphatic carbocycles. The standard InChI is InChI=1S/C19H32N4O2/c1-3-9-22-11-8-20-18(22)15-21-10-7-17-16(14-21)5-4-6-19(24)23(17)12-13-25-2/h8,11,16-17H,3-7,9-10,12-15H2,1-2H3/t16-,17+/m0/s1. The smallest absolute Gasteiger partial charge is 0.222 e.